The number of halogens is 4. The first-order valence-corrected chi connectivity index (χ1v) is 10.2. The van der Waals surface area contributed by atoms with Crippen molar-refractivity contribution >= 4 is 33.0 Å². The molecule has 0 aliphatic heterocycles. The zero-order valence-corrected chi connectivity index (χ0v) is 16.4. The second-order valence-corrected chi connectivity index (χ2v) is 8.24. The number of nitrogens with one attached hydrogen (secondary N) is 1. The highest BCUT2D eigenvalue weighted by Crippen LogP contribution is 2.34. The Kier molecular flexibility index (Phi) is 4.86. The van der Waals surface area contributed by atoms with Crippen LogP contribution in [-0.4, -0.2) is 28.2 Å². The number of sulfonamides is 1. The summed E-state index contributed by atoms with van der Waals surface area (Å²) < 4.78 is 68.0. The van der Waals surface area contributed by atoms with Crippen LogP contribution >= 0.6 is 11.6 Å². The molecule has 0 unspecified atom stereocenters. The van der Waals surface area contributed by atoms with E-state index < -0.39 is 26.7 Å². The van der Waals surface area contributed by atoms with E-state index in [0.717, 1.165) is 12.1 Å². The van der Waals surface area contributed by atoms with Crippen LogP contribution in [0.15, 0.2) is 65.8 Å². The second kappa shape index (κ2) is 7.26. The van der Waals surface area contributed by atoms with Crippen molar-refractivity contribution in [3.05, 3.63) is 71.5 Å². The predicted molar refractivity (Wildman–Crippen MR) is 103 cm³/mol. The number of nitrogens with zero attached hydrogens (tertiary/aromatic N) is 4. The van der Waals surface area contributed by atoms with E-state index in [4.69, 9.17) is 11.6 Å². The number of aromatic nitrogens is 4. The number of hydrogen-bond acceptors (Lipinski definition) is 5. The molecule has 4 rings (SSSR count). The van der Waals surface area contributed by atoms with Crippen molar-refractivity contribution in [1.29, 1.82) is 0 Å². The van der Waals surface area contributed by atoms with E-state index in [9.17, 15) is 21.6 Å². The molecule has 0 bridgehead atoms. The first-order valence-electron chi connectivity index (χ1n) is 8.30. The summed E-state index contributed by atoms with van der Waals surface area (Å²) in [6.07, 6.45) is -3.29. The average molecular weight is 454 g/mol. The van der Waals surface area contributed by atoms with Crippen LogP contribution in [0.5, 0.6) is 0 Å². The van der Waals surface area contributed by atoms with Crippen LogP contribution in [0.2, 0.25) is 5.02 Å². The molecule has 4 aromatic rings. The van der Waals surface area contributed by atoms with Crippen LogP contribution in [0.1, 0.15) is 5.56 Å². The van der Waals surface area contributed by atoms with Crippen molar-refractivity contribution in [1.82, 2.24) is 19.8 Å². The molecule has 2 aromatic heterocycles. The normalized spacial score (nSPS) is 12.3. The summed E-state index contributed by atoms with van der Waals surface area (Å²) in [5, 5.41) is 11.6. The minimum atomic E-state index is -4.71. The Morgan fingerprint density at radius 1 is 1.03 bits per heavy atom. The lowest BCUT2D eigenvalue weighted by Crippen LogP contribution is -2.15. The van der Waals surface area contributed by atoms with Crippen LogP contribution in [0, 0.1) is 0 Å². The fourth-order valence-corrected chi connectivity index (χ4v) is 4.30. The molecule has 2 aromatic carbocycles. The molecule has 154 valence electrons. The van der Waals surface area contributed by atoms with Crippen LogP contribution in [0.25, 0.3) is 16.9 Å². The smallest absolute Gasteiger partial charge is 0.280 e. The summed E-state index contributed by atoms with van der Waals surface area (Å²) >= 11 is 5.86. The third-order valence-electron chi connectivity index (χ3n) is 4.12. The molecule has 0 fully saturated rings. The zero-order valence-electron chi connectivity index (χ0n) is 14.8. The molecule has 0 aliphatic rings. The Hall–Kier alpha value is -3.18. The fraction of sp³-hybridized carbons (Fsp3) is 0.0556. The molecular formula is C18H11ClF3N5O2S. The summed E-state index contributed by atoms with van der Waals surface area (Å²) in [5.74, 6) is 0. The van der Waals surface area contributed by atoms with Crippen LogP contribution < -0.4 is 4.72 Å². The van der Waals surface area contributed by atoms with Gasteiger partial charge in [0.2, 0.25) is 0 Å². The third kappa shape index (κ3) is 3.94. The van der Waals surface area contributed by atoms with Gasteiger partial charge in [0.1, 0.15) is 11.2 Å². The monoisotopic (exact) mass is 453 g/mol. The maximum atomic E-state index is 13.0. The van der Waals surface area contributed by atoms with Gasteiger partial charge in [-0.05, 0) is 42.5 Å². The van der Waals surface area contributed by atoms with E-state index in [1.165, 1.54) is 23.0 Å². The van der Waals surface area contributed by atoms with Gasteiger partial charge in [-0.3, -0.25) is 4.72 Å². The van der Waals surface area contributed by atoms with Gasteiger partial charge < -0.3 is 0 Å². The molecule has 2 heterocycles. The van der Waals surface area contributed by atoms with Gasteiger partial charge in [0.05, 0.1) is 16.3 Å². The SMILES string of the molecule is O=S(=O)(Nc1cccc(-c2ccc3nncn3n2)c1)c1cc(C(F)(F)F)ccc1Cl. The van der Waals surface area contributed by atoms with Gasteiger partial charge in [-0.15, -0.1) is 10.2 Å². The van der Waals surface area contributed by atoms with Gasteiger partial charge in [0.25, 0.3) is 10.0 Å². The summed E-state index contributed by atoms with van der Waals surface area (Å²) in [5.41, 5.74) is 0.635. The van der Waals surface area contributed by atoms with E-state index in [0.29, 0.717) is 23.0 Å². The maximum absolute atomic E-state index is 13.0. The lowest BCUT2D eigenvalue weighted by atomic mass is 10.1. The van der Waals surface area contributed by atoms with Crippen molar-refractivity contribution in [2.75, 3.05) is 4.72 Å². The lowest BCUT2D eigenvalue weighted by Gasteiger charge is -2.13. The molecule has 0 saturated carbocycles. The third-order valence-corrected chi connectivity index (χ3v) is 5.98. The summed E-state index contributed by atoms with van der Waals surface area (Å²) in [6.45, 7) is 0. The predicted octanol–water partition coefficient (Wildman–Crippen LogP) is 4.26. The molecule has 30 heavy (non-hydrogen) atoms. The Bertz CT molecular complexity index is 1360. The first kappa shape index (κ1) is 20.1. The van der Waals surface area contributed by atoms with Crippen molar-refractivity contribution in [2.24, 2.45) is 0 Å². The standard InChI is InChI=1S/C18H11ClF3N5O2S/c19-14-5-4-12(18(20,21)22)9-16(14)30(28,29)26-13-3-1-2-11(8-13)15-6-7-17-24-23-10-27(17)25-15/h1-10,26H. The van der Waals surface area contributed by atoms with Crippen LogP contribution in [-0.2, 0) is 16.2 Å². The molecule has 0 spiro atoms. The van der Waals surface area contributed by atoms with E-state index in [2.05, 4.69) is 20.0 Å². The summed E-state index contributed by atoms with van der Waals surface area (Å²) in [4.78, 5) is -0.673. The Morgan fingerprint density at radius 3 is 2.60 bits per heavy atom. The molecule has 0 radical (unpaired) electrons. The minimum Gasteiger partial charge on any atom is -0.280 e. The quantitative estimate of drug-likeness (QED) is 0.498. The van der Waals surface area contributed by atoms with E-state index >= 15 is 0 Å². The van der Waals surface area contributed by atoms with E-state index in [1.807, 2.05) is 0 Å². The largest absolute Gasteiger partial charge is 0.416 e. The number of hydrogen-bond donors (Lipinski definition) is 1. The molecule has 0 amide bonds. The number of alkyl halides is 3. The Balaban J connectivity index is 1.68. The average Bonchev–Trinajstić information content (AvgIpc) is 3.15. The highest BCUT2D eigenvalue weighted by atomic mass is 35.5. The molecule has 0 saturated heterocycles. The van der Waals surface area contributed by atoms with Gasteiger partial charge in [-0.2, -0.15) is 22.8 Å². The van der Waals surface area contributed by atoms with E-state index in [-0.39, 0.29) is 10.7 Å². The number of rotatable bonds is 4. The summed E-state index contributed by atoms with van der Waals surface area (Å²) in [7, 11) is -4.38. The zero-order chi connectivity index (χ0) is 21.5. The van der Waals surface area contributed by atoms with Gasteiger partial charge in [-0.1, -0.05) is 23.7 Å². The van der Waals surface area contributed by atoms with Crippen molar-refractivity contribution in [3.8, 4) is 11.3 Å². The number of benzene rings is 2. The minimum absolute atomic E-state index is 0.131. The lowest BCUT2D eigenvalue weighted by molar-refractivity contribution is -0.137. The molecule has 0 aliphatic carbocycles. The summed E-state index contributed by atoms with van der Waals surface area (Å²) in [6, 6.07) is 11.7. The number of anilines is 1. The van der Waals surface area contributed by atoms with Gasteiger partial charge in [0.15, 0.2) is 5.65 Å². The first-order chi connectivity index (χ1) is 14.1. The van der Waals surface area contributed by atoms with Crippen LogP contribution in [0.3, 0.4) is 0 Å². The Labute approximate surface area is 173 Å². The maximum Gasteiger partial charge on any atom is 0.416 e. The molecule has 0 atom stereocenters. The van der Waals surface area contributed by atoms with E-state index in [1.54, 1.807) is 24.3 Å². The van der Waals surface area contributed by atoms with Gasteiger partial charge in [0, 0.05) is 11.3 Å². The van der Waals surface area contributed by atoms with Crippen LogP contribution in [0.4, 0.5) is 18.9 Å². The topological polar surface area (TPSA) is 89.2 Å². The molecule has 1 N–H and O–H groups in total. The highest BCUT2D eigenvalue weighted by Gasteiger charge is 2.32. The van der Waals surface area contributed by atoms with Crippen molar-refractivity contribution in [2.45, 2.75) is 11.1 Å². The molecular weight excluding hydrogens is 443 g/mol. The number of fused-ring (bicyclic) bond motifs is 1. The second-order valence-electron chi connectivity index (χ2n) is 6.18. The fourth-order valence-electron chi connectivity index (χ4n) is 2.72. The van der Waals surface area contributed by atoms with Gasteiger partial charge >= 0.3 is 6.18 Å². The van der Waals surface area contributed by atoms with Crippen molar-refractivity contribution < 1.29 is 21.6 Å². The Morgan fingerprint density at radius 2 is 1.83 bits per heavy atom. The molecule has 12 heteroatoms. The van der Waals surface area contributed by atoms with Gasteiger partial charge in [-0.25, -0.2) is 8.42 Å². The molecule has 7 nitrogen and oxygen atoms in total. The highest BCUT2D eigenvalue weighted by molar-refractivity contribution is 7.92. The van der Waals surface area contributed by atoms with Crippen molar-refractivity contribution in [3.63, 3.8) is 0 Å².